The molecule has 2 rings (SSSR count). The molecule has 0 aromatic heterocycles. The third-order valence-electron chi connectivity index (χ3n) is 5.00. The number of likely N-dealkylation sites (tertiary alicyclic amines) is 1. The van der Waals surface area contributed by atoms with Gasteiger partial charge in [0.15, 0.2) is 11.5 Å². The molecule has 0 bridgehead atoms. The molecule has 1 unspecified atom stereocenters. The SMILES string of the molecule is CCOc1ccc(C(NC(=O)N2CCC(C(=O)O)CC2)C(C)C)cc1OCC. The average Bonchev–Trinajstić information content (AvgIpc) is 2.67. The minimum Gasteiger partial charge on any atom is -0.490 e. The van der Waals surface area contributed by atoms with E-state index in [1.54, 1.807) is 4.90 Å². The number of rotatable bonds is 8. The zero-order valence-electron chi connectivity index (χ0n) is 17.2. The summed E-state index contributed by atoms with van der Waals surface area (Å²) in [5.74, 6) is 0.400. The Labute approximate surface area is 167 Å². The summed E-state index contributed by atoms with van der Waals surface area (Å²) in [6.45, 7) is 9.95. The van der Waals surface area contributed by atoms with Crippen molar-refractivity contribution < 1.29 is 24.2 Å². The maximum atomic E-state index is 12.8. The number of nitrogens with zero attached hydrogens (tertiary/aromatic N) is 1. The summed E-state index contributed by atoms with van der Waals surface area (Å²) in [5, 5.41) is 12.2. The Kier molecular flexibility index (Phi) is 7.96. The molecule has 1 fully saturated rings. The number of benzene rings is 1. The van der Waals surface area contributed by atoms with Gasteiger partial charge < -0.3 is 24.8 Å². The Hall–Kier alpha value is -2.44. The zero-order chi connectivity index (χ0) is 20.7. The lowest BCUT2D eigenvalue weighted by molar-refractivity contribution is -0.143. The zero-order valence-corrected chi connectivity index (χ0v) is 17.2. The Morgan fingerprint density at radius 2 is 1.75 bits per heavy atom. The fraction of sp³-hybridized carbons (Fsp3) is 0.619. The molecule has 1 aromatic carbocycles. The van der Waals surface area contributed by atoms with Gasteiger partial charge in [0.25, 0.3) is 0 Å². The molecule has 1 saturated heterocycles. The lowest BCUT2D eigenvalue weighted by atomic mass is 9.95. The number of piperidine rings is 1. The fourth-order valence-corrected chi connectivity index (χ4v) is 3.45. The molecule has 156 valence electrons. The van der Waals surface area contributed by atoms with Crippen molar-refractivity contribution in [2.24, 2.45) is 11.8 Å². The van der Waals surface area contributed by atoms with Crippen LogP contribution in [-0.4, -0.2) is 48.3 Å². The minimum absolute atomic E-state index is 0.158. The van der Waals surface area contributed by atoms with Gasteiger partial charge in [-0.05, 0) is 50.3 Å². The van der Waals surface area contributed by atoms with Crippen LogP contribution in [0, 0.1) is 11.8 Å². The van der Waals surface area contributed by atoms with Crippen molar-refractivity contribution in [3.05, 3.63) is 23.8 Å². The molecule has 1 aliphatic heterocycles. The lowest BCUT2D eigenvalue weighted by Crippen LogP contribution is -2.47. The summed E-state index contributed by atoms with van der Waals surface area (Å²) in [4.78, 5) is 25.6. The van der Waals surface area contributed by atoms with E-state index < -0.39 is 5.97 Å². The highest BCUT2D eigenvalue weighted by Crippen LogP contribution is 2.33. The molecular formula is C21H32N2O5. The number of hydrogen-bond acceptors (Lipinski definition) is 4. The van der Waals surface area contributed by atoms with E-state index in [1.165, 1.54) is 0 Å². The fourth-order valence-electron chi connectivity index (χ4n) is 3.45. The number of carboxylic acids is 1. The first kappa shape index (κ1) is 21.9. The molecule has 28 heavy (non-hydrogen) atoms. The summed E-state index contributed by atoms with van der Waals surface area (Å²) in [7, 11) is 0. The standard InChI is InChI=1S/C21H32N2O5/c1-5-27-17-8-7-16(13-18(17)28-6-2)19(14(3)4)22-21(26)23-11-9-15(10-12-23)20(24)25/h7-8,13-15,19H,5-6,9-12H2,1-4H3,(H,22,26)(H,24,25). The van der Waals surface area contributed by atoms with Crippen LogP contribution >= 0.6 is 0 Å². The van der Waals surface area contributed by atoms with Gasteiger partial charge in [-0.3, -0.25) is 4.79 Å². The monoisotopic (exact) mass is 392 g/mol. The van der Waals surface area contributed by atoms with Crippen LogP contribution in [0.15, 0.2) is 18.2 Å². The molecule has 1 atom stereocenters. The molecule has 0 saturated carbocycles. The first-order valence-electron chi connectivity index (χ1n) is 10.0. The van der Waals surface area contributed by atoms with E-state index in [-0.39, 0.29) is 23.9 Å². The van der Waals surface area contributed by atoms with Gasteiger partial charge in [-0.15, -0.1) is 0 Å². The van der Waals surface area contributed by atoms with Crippen molar-refractivity contribution in [2.45, 2.75) is 46.6 Å². The average molecular weight is 392 g/mol. The van der Waals surface area contributed by atoms with Crippen molar-refractivity contribution in [3.63, 3.8) is 0 Å². The van der Waals surface area contributed by atoms with Gasteiger partial charge in [-0.1, -0.05) is 19.9 Å². The van der Waals surface area contributed by atoms with Crippen LogP contribution in [0.1, 0.15) is 52.1 Å². The first-order chi connectivity index (χ1) is 13.4. The second-order valence-corrected chi connectivity index (χ2v) is 7.34. The number of ether oxygens (including phenoxy) is 2. The smallest absolute Gasteiger partial charge is 0.317 e. The van der Waals surface area contributed by atoms with E-state index >= 15 is 0 Å². The maximum Gasteiger partial charge on any atom is 0.317 e. The van der Waals surface area contributed by atoms with E-state index in [1.807, 2.05) is 32.0 Å². The van der Waals surface area contributed by atoms with Gasteiger partial charge in [0.05, 0.1) is 25.2 Å². The third-order valence-corrected chi connectivity index (χ3v) is 5.00. The number of carbonyl (C=O) groups excluding carboxylic acids is 1. The largest absolute Gasteiger partial charge is 0.490 e. The summed E-state index contributed by atoms with van der Waals surface area (Å²) in [6, 6.07) is 5.42. The molecule has 1 heterocycles. The van der Waals surface area contributed by atoms with Gasteiger partial charge >= 0.3 is 12.0 Å². The molecule has 1 aromatic rings. The predicted molar refractivity (Wildman–Crippen MR) is 107 cm³/mol. The third kappa shape index (κ3) is 5.53. The van der Waals surface area contributed by atoms with E-state index in [0.29, 0.717) is 50.6 Å². The van der Waals surface area contributed by atoms with Gasteiger partial charge in [0, 0.05) is 13.1 Å². The molecule has 0 spiro atoms. The predicted octanol–water partition coefficient (Wildman–Crippen LogP) is 3.69. The highest BCUT2D eigenvalue weighted by molar-refractivity contribution is 5.76. The molecular weight excluding hydrogens is 360 g/mol. The Balaban J connectivity index is 2.11. The second-order valence-electron chi connectivity index (χ2n) is 7.34. The molecule has 2 N–H and O–H groups in total. The Bertz CT molecular complexity index is 669. The number of aliphatic carboxylic acids is 1. The van der Waals surface area contributed by atoms with Gasteiger partial charge in [-0.2, -0.15) is 0 Å². The molecule has 1 aliphatic rings. The number of amides is 2. The van der Waals surface area contributed by atoms with Crippen LogP contribution < -0.4 is 14.8 Å². The number of carbonyl (C=O) groups is 2. The quantitative estimate of drug-likeness (QED) is 0.704. The van der Waals surface area contributed by atoms with Crippen LogP contribution in [0.25, 0.3) is 0 Å². The van der Waals surface area contributed by atoms with Crippen LogP contribution in [0.4, 0.5) is 4.79 Å². The number of carboxylic acid groups (broad SMARTS) is 1. The maximum absolute atomic E-state index is 12.8. The normalized spacial score (nSPS) is 16.0. The topological polar surface area (TPSA) is 88.1 Å². The number of nitrogens with one attached hydrogen (secondary N) is 1. The lowest BCUT2D eigenvalue weighted by Gasteiger charge is -2.33. The molecule has 2 amide bonds. The van der Waals surface area contributed by atoms with Crippen molar-refractivity contribution in [1.82, 2.24) is 10.2 Å². The van der Waals surface area contributed by atoms with Crippen LogP contribution in [0.2, 0.25) is 0 Å². The van der Waals surface area contributed by atoms with Crippen molar-refractivity contribution >= 4 is 12.0 Å². The molecule has 0 radical (unpaired) electrons. The van der Waals surface area contributed by atoms with Crippen molar-refractivity contribution in [2.75, 3.05) is 26.3 Å². The van der Waals surface area contributed by atoms with E-state index in [9.17, 15) is 9.59 Å². The minimum atomic E-state index is -0.780. The molecule has 7 heteroatoms. The van der Waals surface area contributed by atoms with Crippen molar-refractivity contribution in [3.8, 4) is 11.5 Å². The molecule has 7 nitrogen and oxygen atoms in total. The second kappa shape index (κ2) is 10.2. The summed E-state index contributed by atoms with van der Waals surface area (Å²) >= 11 is 0. The first-order valence-corrected chi connectivity index (χ1v) is 10.0. The number of urea groups is 1. The summed E-state index contributed by atoms with van der Waals surface area (Å²) < 4.78 is 11.3. The van der Waals surface area contributed by atoms with Crippen LogP contribution in [0.3, 0.4) is 0 Å². The van der Waals surface area contributed by atoms with E-state index in [4.69, 9.17) is 14.6 Å². The Morgan fingerprint density at radius 1 is 1.14 bits per heavy atom. The highest BCUT2D eigenvalue weighted by Gasteiger charge is 2.29. The van der Waals surface area contributed by atoms with E-state index in [0.717, 1.165) is 5.56 Å². The van der Waals surface area contributed by atoms with E-state index in [2.05, 4.69) is 19.2 Å². The summed E-state index contributed by atoms with van der Waals surface area (Å²) in [6.07, 6.45) is 0.985. The number of hydrogen-bond donors (Lipinski definition) is 2. The highest BCUT2D eigenvalue weighted by atomic mass is 16.5. The Morgan fingerprint density at radius 3 is 2.29 bits per heavy atom. The summed E-state index contributed by atoms with van der Waals surface area (Å²) in [5.41, 5.74) is 0.954. The van der Waals surface area contributed by atoms with Gasteiger partial charge in [-0.25, -0.2) is 4.79 Å². The molecule has 0 aliphatic carbocycles. The van der Waals surface area contributed by atoms with Crippen molar-refractivity contribution in [1.29, 1.82) is 0 Å². The van der Waals surface area contributed by atoms with Gasteiger partial charge in [0.1, 0.15) is 0 Å². The van der Waals surface area contributed by atoms with Crippen LogP contribution in [0.5, 0.6) is 11.5 Å². The van der Waals surface area contributed by atoms with Gasteiger partial charge in [0.2, 0.25) is 0 Å². The van der Waals surface area contributed by atoms with Crippen LogP contribution in [-0.2, 0) is 4.79 Å².